The SMILES string of the molecule is CN(CC1CCN(Cc2cc(F)ccc2F)CC1)C(=O)C1CCOC1. The van der Waals surface area contributed by atoms with Gasteiger partial charge in [0.2, 0.25) is 5.91 Å². The summed E-state index contributed by atoms with van der Waals surface area (Å²) >= 11 is 0. The molecule has 2 aliphatic rings. The Kier molecular flexibility index (Phi) is 6.02. The fraction of sp³-hybridized carbons (Fsp3) is 0.632. The highest BCUT2D eigenvalue weighted by molar-refractivity contribution is 5.78. The first kappa shape index (κ1) is 18.3. The summed E-state index contributed by atoms with van der Waals surface area (Å²) in [6.07, 6.45) is 2.76. The Morgan fingerprint density at radius 2 is 2.04 bits per heavy atom. The number of ether oxygens (including phenoxy) is 1. The van der Waals surface area contributed by atoms with E-state index in [0.29, 0.717) is 31.2 Å². The summed E-state index contributed by atoms with van der Waals surface area (Å²) < 4.78 is 32.3. The molecular weight excluding hydrogens is 326 g/mol. The van der Waals surface area contributed by atoms with Crippen LogP contribution in [-0.2, 0) is 16.1 Å². The Labute approximate surface area is 147 Å². The van der Waals surface area contributed by atoms with Crippen molar-refractivity contribution in [1.29, 1.82) is 0 Å². The molecule has 25 heavy (non-hydrogen) atoms. The van der Waals surface area contributed by atoms with Gasteiger partial charge in [0.1, 0.15) is 11.6 Å². The Morgan fingerprint density at radius 1 is 1.28 bits per heavy atom. The minimum Gasteiger partial charge on any atom is -0.381 e. The molecule has 0 radical (unpaired) electrons. The van der Waals surface area contributed by atoms with Crippen molar-refractivity contribution >= 4 is 5.91 Å². The highest BCUT2D eigenvalue weighted by Crippen LogP contribution is 2.22. The molecule has 0 spiro atoms. The van der Waals surface area contributed by atoms with Crippen molar-refractivity contribution in [3.8, 4) is 0 Å². The number of carbonyl (C=O) groups excluding carboxylic acids is 1. The van der Waals surface area contributed by atoms with E-state index >= 15 is 0 Å². The molecule has 0 N–H and O–H groups in total. The first-order chi connectivity index (χ1) is 12.0. The third-order valence-electron chi connectivity index (χ3n) is 5.30. The largest absolute Gasteiger partial charge is 0.381 e. The molecule has 1 aromatic carbocycles. The molecule has 4 nitrogen and oxygen atoms in total. The van der Waals surface area contributed by atoms with Gasteiger partial charge in [-0.25, -0.2) is 8.78 Å². The number of hydrogen-bond acceptors (Lipinski definition) is 3. The number of carbonyl (C=O) groups is 1. The third kappa shape index (κ3) is 4.76. The van der Waals surface area contributed by atoms with Gasteiger partial charge in [0.05, 0.1) is 12.5 Å². The van der Waals surface area contributed by atoms with Gasteiger partial charge in [-0.3, -0.25) is 9.69 Å². The van der Waals surface area contributed by atoms with E-state index in [-0.39, 0.29) is 17.6 Å². The number of benzene rings is 1. The lowest BCUT2D eigenvalue weighted by Gasteiger charge is -2.34. The molecule has 2 aliphatic heterocycles. The summed E-state index contributed by atoms with van der Waals surface area (Å²) in [7, 11) is 1.87. The van der Waals surface area contributed by atoms with Crippen LogP contribution in [0.4, 0.5) is 8.78 Å². The number of nitrogens with zero attached hydrogens (tertiary/aromatic N) is 2. The first-order valence-corrected chi connectivity index (χ1v) is 9.02. The van der Waals surface area contributed by atoms with E-state index in [0.717, 1.165) is 45.0 Å². The van der Waals surface area contributed by atoms with E-state index < -0.39 is 5.82 Å². The number of hydrogen-bond donors (Lipinski definition) is 0. The van der Waals surface area contributed by atoms with Gasteiger partial charge in [-0.1, -0.05) is 0 Å². The van der Waals surface area contributed by atoms with Crippen LogP contribution >= 0.6 is 0 Å². The Hall–Kier alpha value is -1.53. The fourth-order valence-corrected chi connectivity index (χ4v) is 3.75. The molecule has 2 fully saturated rings. The quantitative estimate of drug-likeness (QED) is 0.817. The number of likely N-dealkylation sites (tertiary alicyclic amines) is 1. The maximum Gasteiger partial charge on any atom is 0.227 e. The van der Waals surface area contributed by atoms with Crippen LogP contribution in [0.25, 0.3) is 0 Å². The minimum atomic E-state index is -0.401. The highest BCUT2D eigenvalue weighted by Gasteiger charge is 2.28. The summed E-state index contributed by atoms with van der Waals surface area (Å²) in [6, 6.07) is 3.61. The summed E-state index contributed by atoms with van der Waals surface area (Å²) in [6.45, 7) is 4.10. The van der Waals surface area contributed by atoms with Crippen LogP contribution in [0.5, 0.6) is 0 Å². The molecule has 0 saturated carbocycles. The monoisotopic (exact) mass is 352 g/mol. The van der Waals surface area contributed by atoms with Gasteiger partial charge in [-0.2, -0.15) is 0 Å². The maximum atomic E-state index is 13.8. The third-order valence-corrected chi connectivity index (χ3v) is 5.30. The van der Waals surface area contributed by atoms with Crippen molar-refractivity contribution in [1.82, 2.24) is 9.80 Å². The van der Waals surface area contributed by atoms with Gasteiger partial charge in [0.15, 0.2) is 0 Å². The van der Waals surface area contributed by atoms with Crippen LogP contribution in [0.3, 0.4) is 0 Å². The molecule has 1 aromatic rings. The zero-order valence-corrected chi connectivity index (χ0v) is 14.7. The maximum absolute atomic E-state index is 13.8. The fourth-order valence-electron chi connectivity index (χ4n) is 3.75. The van der Waals surface area contributed by atoms with Gasteiger partial charge in [-0.05, 0) is 56.5 Å². The van der Waals surface area contributed by atoms with Gasteiger partial charge < -0.3 is 9.64 Å². The average Bonchev–Trinajstić information content (AvgIpc) is 3.13. The van der Waals surface area contributed by atoms with Crippen molar-refractivity contribution in [2.24, 2.45) is 11.8 Å². The van der Waals surface area contributed by atoms with Gasteiger partial charge >= 0.3 is 0 Å². The summed E-state index contributed by atoms with van der Waals surface area (Å²) in [5.41, 5.74) is 0.409. The molecule has 1 unspecified atom stereocenters. The molecule has 6 heteroatoms. The van der Waals surface area contributed by atoms with Gasteiger partial charge in [0.25, 0.3) is 0 Å². The van der Waals surface area contributed by atoms with Crippen molar-refractivity contribution in [3.63, 3.8) is 0 Å². The second-order valence-corrected chi connectivity index (χ2v) is 7.23. The molecule has 138 valence electrons. The van der Waals surface area contributed by atoms with Gasteiger partial charge in [0, 0.05) is 32.3 Å². The Balaban J connectivity index is 1.45. The van der Waals surface area contributed by atoms with E-state index in [1.165, 1.54) is 12.1 Å². The zero-order valence-electron chi connectivity index (χ0n) is 14.7. The van der Waals surface area contributed by atoms with Crippen LogP contribution in [0.2, 0.25) is 0 Å². The van der Waals surface area contributed by atoms with E-state index in [4.69, 9.17) is 4.74 Å². The smallest absolute Gasteiger partial charge is 0.227 e. The van der Waals surface area contributed by atoms with Crippen molar-refractivity contribution in [2.75, 3.05) is 39.9 Å². The molecule has 2 saturated heterocycles. The molecule has 0 bridgehead atoms. The number of rotatable bonds is 5. The lowest BCUT2D eigenvalue weighted by Crippen LogP contribution is -2.41. The van der Waals surface area contributed by atoms with E-state index in [2.05, 4.69) is 4.90 Å². The number of amides is 1. The van der Waals surface area contributed by atoms with E-state index in [9.17, 15) is 13.6 Å². The van der Waals surface area contributed by atoms with Crippen LogP contribution in [0.1, 0.15) is 24.8 Å². The number of piperidine rings is 1. The predicted molar refractivity (Wildman–Crippen MR) is 90.9 cm³/mol. The standard InChI is InChI=1S/C19H26F2N2O2/c1-22(19(24)15-6-9-25-13-15)11-14-4-7-23(8-5-14)12-16-10-17(20)2-3-18(16)21/h2-3,10,14-15H,4-9,11-13H2,1H3. The van der Waals surface area contributed by atoms with Gasteiger partial charge in [-0.15, -0.1) is 0 Å². The van der Waals surface area contributed by atoms with Crippen LogP contribution < -0.4 is 0 Å². The van der Waals surface area contributed by atoms with Crippen molar-refractivity contribution in [3.05, 3.63) is 35.4 Å². The molecule has 0 aromatic heterocycles. The average molecular weight is 352 g/mol. The topological polar surface area (TPSA) is 32.8 Å². The zero-order chi connectivity index (χ0) is 17.8. The first-order valence-electron chi connectivity index (χ1n) is 9.02. The lowest BCUT2D eigenvalue weighted by molar-refractivity contribution is -0.134. The Bertz CT molecular complexity index is 597. The normalized spacial score (nSPS) is 22.3. The second kappa shape index (κ2) is 8.23. The van der Waals surface area contributed by atoms with E-state index in [1.807, 2.05) is 11.9 Å². The van der Waals surface area contributed by atoms with Crippen LogP contribution in [0.15, 0.2) is 18.2 Å². The van der Waals surface area contributed by atoms with Crippen LogP contribution in [-0.4, -0.2) is 55.6 Å². The molecule has 2 heterocycles. The molecule has 1 amide bonds. The van der Waals surface area contributed by atoms with Crippen molar-refractivity contribution in [2.45, 2.75) is 25.8 Å². The predicted octanol–water partition coefficient (Wildman–Crippen LogP) is 2.67. The lowest BCUT2D eigenvalue weighted by atomic mass is 9.95. The second-order valence-electron chi connectivity index (χ2n) is 7.23. The highest BCUT2D eigenvalue weighted by atomic mass is 19.1. The summed E-state index contributed by atoms with van der Waals surface area (Å²) in [5.74, 6) is -0.0948. The molecule has 1 atom stereocenters. The molecular formula is C19H26F2N2O2. The summed E-state index contributed by atoms with van der Waals surface area (Å²) in [4.78, 5) is 16.3. The minimum absolute atomic E-state index is 0.0149. The number of halogens is 2. The van der Waals surface area contributed by atoms with Crippen LogP contribution in [0, 0.1) is 23.5 Å². The van der Waals surface area contributed by atoms with E-state index in [1.54, 1.807) is 0 Å². The molecule has 0 aliphatic carbocycles. The summed E-state index contributed by atoms with van der Waals surface area (Å²) in [5, 5.41) is 0. The van der Waals surface area contributed by atoms with Crippen molar-refractivity contribution < 1.29 is 18.3 Å². The Morgan fingerprint density at radius 3 is 2.72 bits per heavy atom. The molecule has 3 rings (SSSR count).